The monoisotopic (exact) mass is 243 g/mol. The van der Waals surface area contributed by atoms with Crippen molar-refractivity contribution in [2.45, 2.75) is 40.5 Å². The molecule has 0 spiro atoms. The van der Waals surface area contributed by atoms with E-state index in [1.807, 2.05) is 7.05 Å². The van der Waals surface area contributed by atoms with Gasteiger partial charge in [0.05, 0.1) is 0 Å². The van der Waals surface area contributed by atoms with Crippen molar-refractivity contribution < 1.29 is 0 Å². The van der Waals surface area contributed by atoms with E-state index in [4.69, 9.17) is 5.73 Å². The highest BCUT2D eigenvalue weighted by atomic mass is 15.1. The summed E-state index contributed by atoms with van der Waals surface area (Å²) in [7, 11) is 4.23. The van der Waals surface area contributed by atoms with Crippen molar-refractivity contribution >= 4 is 0 Å². The van der Waals surface area contributed by atoms with Gasteiger partial charge in [-0.3, -0.25) is 0 Å². The van der Waals surface area contributed by atoms with E-state index in [0.29, 0.717) is 5.41 Å². The molecule has 0 saturated carbocycles. The van der Waals surface area contributed by atoms with Crippen LogP contribution in [0.15, 0.2) is 0 Å². The Bertz CT molecular complexity index is 200. The summed E-state index contributed by atoms with van der Waals surface area (Å²) >= 11 is 0. The predicted octanol–water partition coefficient (Wildman–Crippen LogP) is 1.93. The van der Waals surface area contributed by atoms with E-state index in [-0.39, 0.29) is 5.41 Å². The summed E-state index contributed by atoms with van der Waals surface area (Å²) in [6.07, 6.45) is 2.40. The number of hydrogen-bond acceptors (Lipinski definition) is 3. The summed E-state index contributed by atoms with van der Waals surface area (Å²) in [5, 5.41) is 3.26. The van der Waals surface area contributed by atoms with Gasteiger partial charge in [0, 0.05) is 0 Å². The van der Waals surface area contributed by atoms with Crippen LogP contribution in [0.5, 0.6) is 0 Å². The van der Waals surface area contributed by atoms with Crippen molar-refractivity contribution in [3.8, 4) is 0 Å². The fourth-order valence-corrected chi connectivity index (χ4v) is 1.77. The second kappa shape index (κ2) is 7.34. The van der Waals surface area contributed by atoms with Gasteiger partial charge in [-0.1, -0.05) is 27.7 Å². The third-order valence-electron chi connectivity index (χ3n) is 3.55. The Morgan fingerprint density at radius 3 is 1.88 bits per heavy atom. The predicted molar refractivity (Wildman–Crippen MR) is 77.3 cm³/mol. The van der Waals surface area contributed by atoms with Gasteiger partial charge in [-0.25, -0.2) is 0 Å². The highest BCUT2D eigenvalue weighted by Gasteiger charge is 2.19. The minimum Gasteiger partial charge on any atom is -0.330 e. The summed E-state index contributed by atoms with van der Waals surface area (Å²) in [4.78, 5) is 2.43. The Labute approximate surface area is 108 Å². The molecule has 0 unspecified atom stereocenters. The molecule has 0 aromatic heterocycles. The van der Waals surface area contributed by atoms with Crippen molar-refractivity contribution in [3.63, 3.8) is 0 Å². The lowest BCUT2D eigenvalue weighted by Crippen LogP contribution is -2.34. The normalized spacial score (nSPS) is 13.4. The lowest BCUT2D eigenvalue weighted by molar-refractivity contribution is 0.215. The summed E-state index contributed by atoms with van der Waals surface area (Å²) in [6.45, 7) is 13.3. The maximum atomic E-state index is 5.75. The minimum absolute atomic E-state index is 0.273. The standard InChI is InChI=1S/C14H33N3/c1-13(2,11-15)7-9-17(6)10-8-14(3,4)12-16-5/h16H,7-12,15H2,1-6H3. The first kappa shape index (κ1) is 16.9. The summed E-state index contributed by atoms with van der Waals surface area (Å²) in [6, 6.07) is 0. The van der Waals surface area contributed by atoms with Crippen LogP contribution < -0.4 is 11.1 Å². The Balaban J connectivity index is 3.84. The minimum atomic E-state index is 0.273. The lowest BCUT2D eigenvalue weighted by Gasteiger charge is -2.29. The van der Waals surface area contributed by atoms with Crippen LogP contribution in [0.4, 0.5) is 0 Å². The maximum Gasteiger partial charge on any atom is -0.00000102 e. The molecule has 0 aromatic rings. The number of nitrogens with two attached hydrogens (primary N) is 1. The van der Waals surface area contributed by atoms with E-state index < -0.39 is 0 Å². The van der Waals surface area contributed by atoms with Crippen molar-refractivity contribution in [2.24, 2.45) is 16.6 Å². The molecule has 0 rings (SSSR count). The molecular formula is C14H33N3. The first-order chi connectivity index (χ1) is 7.72. The molecule has 0 aliphatic carbocycles. The molecule has 0 bridgehead atoms. The SMILES string of the molecule is CNCC(C)(C)CCN(C)CCC(C)(C)CN. The summed E-state index contributed by atoms with van der Waals surface area (Å²) < 4.78 is 0. The molecule has 0 fully saturated rings. The molecule has 0 aliphatic rings. The molecular weight excluding hydrogens is 210 g/mol. The smallest absolute Gasteiger partial charge is 0.00000102 e. The zero-order chi connectivity index (χ0) is 13.5. The fraction of sp³-hybridized carbons (Fsp3) is 1.00. The molecule has 104 valence electrons. The van der Waals surface area contributed by atoms with Crippen LogP contribution in [-0.4, -0.2) is 45.2 Å². The van der Waals surface area contributed by atoms with Gasteiger partial charge in [0.25, 0.3) is 0 Å². The van der Waals surface area contributed by atoms with Crippen molar-refractivity contribution in [2.75, 3.05) is 40.3 Å². The highest BCUT2D eigenvalue weighted by Crippen LogP contribution is 2.21. The van der Waals surface area contributed by atoms with Gasteiger partial charge in [-0.2, -0.15) is 0 Å². The van der Waals surface area contributed by atoms with Crippen LogP contribution >= 0.6 is 0 Å². The average Bonchev–Trinajstić information content (AvgIpc) is 2.24. The Morgan fingerprint density at radius 2 is 1.47 bits per heavy atom. The number of nitrogens with one attached hydrogen (secondary N) is 1. The molecule has 0 heterocycles. The first-order valence-corrected chi connectivity index (χ1v) is 6.76. The maximum absolute atomic E-state index is 5.75. The van der Waals surface area contributed by atoms with Crippen molar-refractivity contribution in [1.82, 2.24) is 10.2 Å². The molecule has 3 nitrogen and oxygen atoms in total. The first-order valence-electron chi connectivity index (χ1n) is 6.76. The second-order valence-corrected chi connectivity index (χ2v) is 6.87. The van der Waals surface area contributed by atoms with Crippen LogP contribution in [0.1, 0.15) is 40.5 Å². The number of hydrogen-bond donors (Lipinski definition) is 2. The molecule has 17 heavy (non-hydrogen) atoms. The van der Waals surface area contributed by atoms with E-state index in [0.717, 1.165) is 26.2 Å². The third-order valence-corrected chi connectivity index (χ3v) is 3.55. The third kappa shape index (κ3) is 8.58. The van der Waals surface area contributed by atoms with Crippen LogP contribution in [0.2, 0.25) is 0 Å². The van der Waals surface area contributed by atoms with E-state index in [1.165, 1.54) is 12.8 Å². The van der Waals surface area contributed by atoms with Gasteiger partial charge in [0.15, 0.2) is 0 Å². The van der Waals surface area contributed by atoms with Crippen molar-refractivity contribution in [1.29, 1.82) is 0 Å². The average molecular weight is 243 g/mol. The molecule has 0 saturated heterocycles. The van der Waals surface area contributed by atoms with Gasteiger partial charge in [0.1, 0.15) is 0 Å². The Kier molecular flexibility index (Phi) is 7.29. The van der Waals surface area contributed by atoms with E-state index in [2.05, 4.69) is 45.0 Å². The van der Waals surface area contributed by atoms with Crippen molar-refractivity contribution in [3.05, 3.63) is 0 Å². The van der Waals surface area contributed by atoms with Crippen LogP contribution in [0.3, 0.4) is 0 Å². The van der Waals surface area contributed by atoms with E-state index in [1.54, 1.807) is 0 Å². The molecule has 3 N–H and O–H groups in total. The van der Waals surface area contributed by atoms with Crippen LogP contribution in [-0.2, 0) is 0 Å². The fourth-order valence-electron chi connectivity index (χ4n) is 1.77. The molecule has 3 heteroatoms. The number of rotatable bonds is 9. The molecule has 0 amide bonds. The van der Waals surface area contributed by atoms with Gasteiger partial charge in [0.2, 0.25) is 0 Å². The van der Waals surface area contributed by atoms with E-state index >= 15 is 0 Å². The molecule has 0 atom stereocenters. The highest BCUT2D eigenvalue weighted by molar-refractivity contribution is 4.74. The molecule has 0 radical (unpaired) electrons. The molecule has 0 aromatic carbocycles. The van der Waals surface area contributed by atoms with Crippen LogP contribution in [0.25, 0.3) is 0 Å². The quantitative estimate of drug-likeness (QED) is 0.650. The number of nitrogens with zero attached hydrogens (tertiary/aromatic N) is 1. The zero-order valence-corrected chi connectivity index (χ0v) is 12.8. The van der Waals surface area contributed by atoms with E-state index in [9.17, 15) is 0 Å². The Hall–Kier alpha value is -0.120. The van der Waals surface area contributed by atoms with Gasteiger partial charge >= 0.3 is 0 Å². The largest absolute Gasteiger partial charge is 0.330 e. The zero-order valence-electron chi connectivity index (χ0n) is 12.8. The lowest BCUT2D eigenvalue weighted by atomic mass is 9.88. The topological polar surface area (TPSA) is 41.3 Å². The second-order valence-electron chi connectivity index (χ2n) is 6.87. The summed E-state index contributed by atoms with van der Waals surface area (Å²) in [5.41, 5.74) is 6.40. The van der Waals surface area contributed by atoms with Gasteiger partial charge in [-0.15, -0.1) is 0 Å². The summed E-state index contributed by atoms with van der Waals surface area (Å²) in [5.74, 6) is 0. The van der Waals surface area contributed by atoms with Gasteiger partial charge in [-0.05, 0) is 63.9 Å². The van der Waals surface area contributed by atoms with Crippen LogP contribution in [0, 0.1) is 10.8 Å². The molecule has 0 aliphatic heterocycles. The Morgan fingerprint density at radius 1 is 1.00 bits per heavy atom. The van der Waals surface area contributed by atoms with Gasteiger partial charge < -0.3 is 16.0 Å².